The third-order valence-corrected chi connectivity index (χ3v) is 4.69. The molecule has 1 N–H and O–H groups in total. The molecule has 0 saturated carbocycles. The normalized spacial score (nSPS) is 16.5. The summed E-state index contributed by atoms with van der Waals surface area (Å²) in [5.74, 6) is 0. The summed E-state index contributed by atoms with van der Waals surface area (Å²) < 4.78 is 7.65. The van der Waals surface area contributed by atoms with Crippen LogP contribution in [-0.4, -0.2) is 54.0 Å². The van der Waals surface area contributed by atoms with Crippen LogP contribution in [0.1, 0.15) is 17.7 Å². The maximum atomic E-state index is 9.32. The van der Waals surface area contributed by atoms with Gasteiger partial charge >= 0.3 is 0 Å². The van der Waals surface area contributed by atoms with Crippen LogP contribution in [0.2, 0.25) is 0 Å². The smallest absolute Gasteiger partial charge is 0.0610 e. The predicted molar refractivity (Wildman–Crippen MR) is 89.3 cm³/mol. The summed E-state index contributed by atoms with van der Waals surface area (Å²) in [6.45, 7) is 8.05. The number of rotatable bonds is 6. The molecule has 0 amide bonds. The van der Waals surface area contributed by atoms with Gasteiger partial charge in [0.15, 0.2) is 0 Å². The average molecular weight is 302 g/mol. The lowest BCUT2D eigenvalue weighted by atomic mass is 10.1. The number of nitrogens with zero attached hydrogens (tertiary/aromatic N) is 2. The molecule has 0 unspecified atom stereocenters. The van der Waals surface area contributed by atoms with E-state index in [1.54, 1.807) is 0 Å². The number of aromatic nitrogens is 1. The Bertz CT molecular complexity index is 615. The Morgan fingerprint density at radius 2 is 1.91 bits per heavy atom. The van der Waals surface area contributed by atoms with E-state index < -0.39 is 0 Å². The molecule has 1 aliphatic rings. The van der Waals surface area contributed by atoms with Gasteiger partial charge in [-0.2, -0.15) is 0 Å². The number of aryl methyl sites for hydroxylation is 1. The van der Waals surface area contributed by atoms with Gasteiger partial charge in [-0.05, 0) is 37.9 Å². The van der Waals surface area contributed by atoms with E-state index in [0.29, 0.717) is 6.54 Å². The molecule has 4 nitrogen and oxygen atoms in total. The van der Waals surface area contributed by atoms with Crippen LogP contribution in [0.15, 0.2) is 24.3 Å². The van der Waals surface area contributed by atoms with E-state index >= 15 is 0 Å². The van der Waals surface area contributed by atoms with Crippen LogP contribution in [0.5, 0.6) is 0 Å². The van der Waals surface area contributed by atoms with Crippen molar-refractivity contribution in [2.24, 2.45) is 0 Å². The highest BCUT2D eigenvalue weighted by Gasteiger charge is 2.14. The number of ether oxygens (including phenoxy) is 1. The quantitative estimate of drug-likeness (QED) is 0.889. The summed E-state index contributed by atoms with van der Waals surface area (Å²) in [5, 5.41) is 10.7. The van der Waals surface area contributed by atoms with Crippen LogP contribution >= 0.6 is 0 Å². The van der Waals surface area contributed by atoms with E-state index in [4.69, 9.17) is 4.74 Å². The van der Waals surface area contributed by atoms with Crippen molar-refractivity contribution in [1.82, 2.24) is 9.47 Å². The van der Waals surface area contributed by atoms with Crippen molar-refractivity contribution < 1.29 is 9.84 Å². The summed E-state index contributed by atoms with van der Waals surface area (Å²) in [5.41, 5.74) is 3.99. The number of fused-ring (bicyclic) bond motifs is 1. The fourth-order valence-corrected chi connectivity index (χ4v) is 3.51. The molecule has 22 heavy (non-hydrogen) atoms. The highest BCUT2D eigenvalue weighted by molar-refractivity contribution is 5.85. The third-order valence-electron chi connectivity index (χ3n) is 4.69. The Labute approximate surface area is 132 Å². The molecule has 1 aromatic heterocycles. The van der Waals surface area contributed by atoms with E-state index in [1.165, 1.54) is 28.6 Å². The Morgan fingerprint density at radius 3 is 2.68 bits per heavy atom. The Kier molecular flexibility index (Phi) is 5.13. The largest absolute Gasteiger partial charge is 0.395 e. The van der Waals surface area contributed by atoms with Gasteiger partial charge in [0.25, 0.3) is 0 Å². The van der Waals surface area contributed by atoms with Gasteiger partial charge in [-0.25, -0.2) is 0 Å². The molecule has 1 aromatic carbocycles. The highest BCUT2D eigenvalue weighted by atomic mass is 16.5. The van der Waals surface area contributed by atoms with Crippen molar-refractivity contribution in [3.05, 3.63) is 35.5 Å². The van der Waals surface area contributed by atoms with Gasteiger partial charge in [0.2, 0.25) is 0 Å². The Hall–Kier alpha value is -1.36. The molecule has 120 valence electrons. The van der Waals surface area contributed by atoms with E-state index in [1.807, 2.05) is 0 Å². The van der Waals surface area contributed by atoms with Gasteiger partial charge < -0.3 is 14.4 Å². The van der Waals surface area contributed by atoms with Gasteiger partial charge in [0.1, 0.15) is 0 Å². The first-order chi connectivity index (χ1) is 10.8. The van der Waals surface area contributed by atoms with Crippen molar-refractivity contribution >= 4 is 10.9 Å². The van der Waals surface area contributed by atoms with Crippen LogP contribution < -0.4 is 0 Å². The van der Waals surface area contributed by atoms with Crippen molar-refractivity contribution in [2.75, 3.05) is 39.5 Å². The first-order valence-corrected chi connectivity index (χ1v) is 8.29. The molecule has 0 spiro atoms. The van der Waals surface area contributed by atoms with Crippen molar-refractivity contribution in [2.45, 2.75) is 26.3 Å². The molecule has 0 aliphatic carbocycles. The number of para-hydroxylation sites is 1. The lowest BCUT2D eigenvalue weighted by Crippen LogP contribution is -2.36. The molecule has 2 aromatic rings. The van der Waals surface area contributed by atoms with Crippen LogP contribution in [0.3, 0.4) is 0 Å². The molecule has 1 fully saturated rings. The molecule has 1 saturated heterocycles. The second-order valence-electron chi connectivity index (χ2n) is 6.01. The molecular formula is C18H26N2O2. The minimum atomic E-state index is 0.187. The summed E-state index contributed by atoms with van der Waals surface area (Å²) >= 11 is 0. The fraction of sp³-hybridized carbons (Fsp3) is 0.556. The van der Waals surface area contributed by atoms with E-state index in [2.05, 4.69) is 40.7 Å². The minimum Gasteiger partial charge on any atom is -0.395 e. The van der Waals surface area contributed by atoms with Crippen molar-refractivity contribution in [3.63, 3.8) is 0 Å². The zero-order chi connectivity index (χ0) is 15.4. The van der Waals surface area contributed by atoms with Gasteiger partial charge in [-0.1, -0.05) is 18.2 Å². The number of hydrogen-bond donors (Lipinski definition) is 1. The number of hydrogen-bond acceptors (Lipinski definition) is 3. The van der Waals surface area contributed by atoms with Crippen molar-refractivity contribution in [1.29, 1.82) is 0 Å². The van der Waals surface area contributed by atoms with Crippen LogP contribution in [-0.2, 0) is 17.7 Å². The van der Waals surface area contributed by atoms with Crippen molar-refractivity contribution in [3.8, 4) is 0 Å². The molecule has 0 radical (unpaired) electrons. The monoisotopic (exact) mass is 302 g/mol. The van der Waals surface area contributed by atoms with Crippen LogP contribution in [0, 0.1) is 6.92 Å². The summed E-state index contributed by atoms with van der Waals surface area (Å²) in [7, 11) is 0. The molecule has 0 atom stereocenters. The molecular weight excluding hydrogens is 276 g/mol. The zero-order valence-electron chi connectivity index (χ0n) is 13.4. The maximum Gasteiger partial charge on any atom is 0.0610 e. The lowest BCUT2D eigenvalue weighted by molar-refractivity contribution is 0.0375. The van der Waals surface area contributed by atoms with E-state index in [0.717, 1.165) is 39.3 Å². The second-order valence-corrected chi connectivity index (χ2v) is 6.01. The van der Waals surface area contributed by atoms with E-state index in [9.17, 15) is 5.11 Å². The molecule has 4 heteroatoms. The zero-order valence-corrected chi connectivity index (χ0v) is 13.4. The van der Waals surface area contributed by atoms with Gasteiger partial charge in [0, 0.05) is 36.2 Å². The standard InChI is InChI=1S/C18H26N2O2/c1-15-16(6-4-8-19-10-13-22-14-11-19)17-5-2-3-7-18(17)20(15)9-12-21/h2-3,5,7,21H,4,6,8-14H2,1H3. The average Bonchev–Trinajstić information content (AvgIpc) is 2.82. The van der Waals surface area contributed by atoms with Crippen LogP contribution in [0.4, 0.5) is 0 Å². The number of benzene rings is 1. The highest BCUT2D eigenvalue weighted by Crippen LogP contribution is 2.27. The van der Waals surface area contributed by atoms with Gasteiger partial charge in [0.05, 0.1) is 19.8 Å². The van der Waals surface area contributed by atoms with Crippen LogP contribution in [0.25, 0.3) is 10.9 Å². The second kappa shape index (κ2) is 7.27. The molecule has 2 heterocycles. The first-order valence-electron chi connectivity index (χ1n) is 8.29. The van der Waals surface area contributed by atoms with Gasteiger partial charge in [-0.3, -0.25) is 4.90 Å². The Morgan fingerprint density at radius 1 is 1.14 bits per heavy atom. The summed E-state index contributed by atoms with van der Waals surface area (Å²) in [6.07, 6.45) is 2.27. The Balaban J connectivity index is 1.73. The fourth-order valence-electron chi connectivity index (χ4n) is 3.51. The summed E-state index contributed by atoms with van der Waals surface area (Å²) in [6, 6.07) is 8.55. The third kappa shape index (κ3) is 3.19. The van der Waals surface area contributed by atoms with E-state index in [-0.39, 0.29) is 6.61 Å². The topological polar surface area (TPSA) is 37.6 Å². The lowest BCUT2D eigenvalue weighted by Gasteiger charge is -2.26. The number of aliphatic hydroxyl groups excluding tert-OH is 1. The molecule has 3 rings (SSSR count). The minimum absolute atomic E-state index is 0.187. The first kappa shape index (κ1) is 15.5. The summed E-state index contributed by atoms with van der Waals surface area (Å²) in [4.78, 5) is 2.49. The molecule has 1 aliphatic heterocycles. The van der Waals surface area contributed by atoms with Gasteiger partial charge in [-0.15, -0.1) is 0 Å². The molecule has 0 bridgehead atoms. The number of morpholine rings is 1. The SMILES string of the molecule is Cc1c(CCCN2CCOCC2)c2ccccc2n1CCO. The number of aliphatic hydroxyl groups is 1. The predicted octanol–water partition coefficient (Wildman–Crippen LogP) is 2.21. The maximum absolute atomic E-state index is 9.32.